The van der Waals surface area contributed by atoms with E-state index in [9.17, 15) is 17.6 Å². The number of rotatable bonds is 2. The first-order valence-corrected chi connectivity index (χ1v) is 6.94. The minimum Gasteiger partial charge on any atom is -0.267 e. The molecule has 0 saturated heterocycles. The Hall–Kier alpha value is -1.54. The zero-order chi connectivity index (χ0) is 13.3. The smallest absolute Gasteiger partial charge is 0.267 e. The molecule has 0 radical (unpaired) electrons. The summed E-state index contributed by atoms with van der Waals surface area (Å²) in [5.41, 5.74) is -0.889. The van der Waals surface area contributed by atoms with Crippen LogP contribution in [0.15, 0.2) is 49.5 Å². The summed E-state index contributed by atoms with van der Waals surface area (Å²) >= 11 is 3.02. The highest BCUT2D eigenvalue weighted by atomic mass is 79.9. The average Bonchev–Trinajstić information content (AvgIpc) is 2.28. The lowest BCUT2D eigenvalue weighted by Gasteiger charge is -2.04. The van der Waals surface area contributed by atoms with Crippen LogP contribution >= 0.6 is 15.9 Å². The number of nitrogens with one attached hydrogen (secondary N) is 1. The van der Waals surface area contributed by atoms with Crippen molar-refractivity contribution in [3.05, 3.63) is 51.1 Å². The van der Waals surface area contributed by atoms with Crippen LogP contribution in [0.4, 0.5) is 4.39 Å². The minimum absolute atomic E-state index is 0.405. The fourth-order valence-corrected chi connectivity index (χ4v) is 3.02. The van der Waals surface area contributed by atoms with Gasteiger partial charge in [0.2, 0.25) is 9.84 Å². The molecule has 0 aliphatic heterocycles. The Balaban J connectivity index is 2.70. The van der Waals surface area contributed by atoms with Crippen molar-refractivity contribution >= 4 is 25.8 Å². The van der Waals surface area contributed by atoms with Gasteiger partial charge in [-0.25, -0.2) is 17.9 Å². The van der Waals surface area contributed by atoms with Crippen molar-refractivity contribution in [1.82, 2.24) is 10.2 Å². The molecule has 1 heterocycles. The van der Waals surface area contributed by atoms with Gasteiger partial charge in [-0.15, -0.1) is 0 Å². The second kappa shape index (κ2) is 4.62. The van der Waals surface area contributed by atoms with Crippen molar-refractivity contribution in [1.29, 1.82) is 0 Å². The molecule has 0 amide bonds. The van der Waals surface area contributed by atoms with Gasteiger partial charge in [0, 0.05) is 10.7 Å². The first kappa shape index (κ1) is 12.9. The van der Waals surface area contributed by atoms with Crippen LogP contribution in [0.5, 0.6) is 0 Å². The van der Waals surface area contributed by atoms with Gasteiger partial charge in [-0.3, -0.25) is 4.79 Å². The van der Waals surface area contributed by atoms with Crippen molar-refractivity contribution in [3.8, 4) is 0 Å². The molecule has 5 nitrogen and oxygen atoms in total. The summed E-state index contributed by atoms with van der Waals surface area (Å²) < 4.78 is 38.2. The molecular formula is C10H6BrFN2O3S. The highest BCUT2D eigenvalue weighted by Gasteiger charge is 2.24. The van der Waals surface area contributed by atoms with Gasteiger partial charge in [0.25, 0.3) is 5.56 Å². The summed E-state index contributed by atoms with van der Waals surface area (Å²) in [6.45, 7) is 0. The molecule has 0 aliphatic carbocycles. The Labute approximate surface area is 110 Å². The average molecular weight is 333 g/mol. The predicted molar refractivity (Wildman–Crippen MR) is 64.4 cm³/mol. The van der Waals surface area contributed by atoms with E-state index in [4.69, 9.17) is 0 Å². The standard InChI is InChI=1S/C10H6BrFN2O3S/c11-6-1-2-8(7(12)5-6)18(16,17)9-3-4-13-14-10(9)15/h1-5H,(H,14,15). The zero-order valence-corrected chi connectivity index (χ0v) is 11.1. The molecule has 2 aromatic rings. The van der Waals surface area contributed by atoms with Crippen molar-refractivity contribution in [3.63, 3.8) is 0 Å². The summed E-state index contributed by atoms with van der Waals surface area (Å²) in [5.74, 6) is -0.930. The van der Waals surface area contributed by atoms with E-state index in [0.29, 0.717) is 4.47 Å². The van der Waals surface area contributed by atoms with Crippen LogP contribution < -0.4 is 5.56 Å². The third-order valence-corrected chi connectivity index (χ3v) is 4.47. The van der Waals surface area contributed by atoms with E-state index in [1.54, 1.807) is 0 Å². The van der Waals surface area contributed by atoms with Crippen LogP contribution in [0, 0.1) is 5.82 Å². The molecule has 1 aromatic heterocycles. The Morgan fingerprint density at radius 1 is 1.22 bits per heavy atom. The Kier molecular flexibility index (Phi) is 3.31. The number of hydrogen-bond donors (Lipinski definition) is 1. The van der Waals surface area contributed by atoms with Gasteiger partial charge in [0.15, 0.2) is 0 Å². The van der Waals surface area contributed by atoms with Gasteiger partial charge < -0.3 is 0 Å². The number of H-pyrrole nitrogens is 1. The topological polar surface area (TPSA) is 79.9 Å². The van der Waals surface area contributed by atoms with Gasteiger partial charge in [-0.1, -0.05) is 15.9 Å². The fraction of sp³-hybridized carbons (Fsp3) is 0. The molecule has 1 aromatic carbocycles. The van der Waals surface area contributed by atoms with Crippen LogP contribution in [-0.2, 0) is 9.84 Å². The van der Waals surface area contributed by atoms with E-state index in [-0.39, 0.29) is 0 Å². The van der Waals surface area contributed by atoms with Gasteiger partial charge in [0.05, 0.1) is 0 Å². The normalized spacial score (nSPS) is 11.4. The Bertz CT molecular complexity index is 758. The lowest BCUT2D eigenvalue weighted by molar-refractivity contribution is 0.565. The van der Waals surface area contributed by atoms with E-state index >= 15 is 0 Å². The number of sulfone groups is 1. The predicted octanol–water partition coefficient (Wildman–Crippen LogP) is 1.50. The third-order valence-electron chi connectivity index (χ3n) is 2.16. The maximum Gasteiger partial charge on any atom is 0.283 e. The van der Waals surface area contributed by atoms with Gasteiger partial charge >= 0.3 is 0 Å². The van der Waals surface area contributed by atoms with E-state index in [1.807, 2.05) is 5.10 Å². The number of hydrogen-bond acceptors (Lipinski definition) is 4. The van der Waals surface area contributed by atoms with Crippen LogP contribution in [0.2, 0.25) is 0 Å². The molecule has 2 rings (SSSR count). The van der Waals surface area contributed by atoms with Gasteiger partial charge in [-0.2, -0.15) is 5.10 Å². The first-order valence-electron chi connectivity index (χ1n) is 4.67. The maximum absolute atomic E-state index is 13.6. The van der Waals surface area contributed by atoms with Crippen molar-refractivity contribution in [2.75, 3.05) is 0 Å². The lowest BCUT2D eigenvalue weighted by Crippen LogP contribution is -2.19. The second-order valence-corrected chi connectivity index (χ2v) is 6.13. The largest absolute Gasteiger partial charge is 0.283 e. The molecule has 18 heavy (non-hydrogen) atoms. The molecule has 0 spiro atoms. The number of nitrogens with zero attached hydrogens (tertiary/aromatic N) is 1. The molecule has 0 atom stereocenters. The third kappa shape index (κ3) is 2.21. The minimum atomic E-state index is -4.20. The summed E-state index contributed by atoms with van der Waals surface area (Å²) in [5, 5.41) is 5.38. The molecule has 0 bridgehead atoms. The van der Waals surface area contributed by atoms with Gasteiger partial charge in [-0.05, 0) is 24.3 Å². The van der Waals surface area contributed by atoms with E-state index in [0.717, 1.165) is 24.4 Å². The van der Waals surface area contributed by atoms with E-state index in [1.165, 1.54) is 6.07 Å². The summed E-state index contributed by atoms with van der Waals surface area (Å²) in [6, 6.07) is 4.51. The molecule has 0 aliphatic rings. The fourth-order valence-electron chi connectivity index (χ4n) is 1.35. The number of benzene rings is 1. The first-order chi connectivity index (χ1) is 8.43. The SMILES string of the molecule is O=c1[nH]nccc1S(=O)(=O)c1ccc(Br)cc1F. The van der Waals surface area contributed by atoms with Gasteiger partial charge in [0.1, 0.15) is 15.6 Å². The van der Waals surface area contributed by atoms with Crippen molar-refractivity contribution in [2.45, 2.75) is 9.79 Å². The van der Waals surface area contributed by atoms with Crippen LogP contribution in [0.25, 0.3) is 0 Å². The number of aromatic nitrogens is 2. The molecule has 0 saturated carbocycles. The molecule has 94 valence electrons. The monoisotopic (exact) mass is 332 g/mol. The zero-order valence-electron chi connectivity index (χ0n) is 8.72. The summed E-state index contributed by atoms with van der Waals surface area (Å²) in [4.78, 5) is 10.3. The van der Waals surface area contributed by atoms with Crippen LogP contribution in [0.3, 0.4) is 0 Å². The van der Waals surface area contributed by atoms with E-state index < -0.39 is 31.0 Å². The molecule has 0 unspecified atom stereocenters. The molecule has 0 fully saturated rings. The summed E-state index contributed by atoms with van der Waals surface area (Å²) in [6.07, 6.45) is 1.12. The van der Waals surface area contributed by atoms with Crippen molar-refractivity contribution < 1.29 is 12.8 Å². The van der Waals surface area contributed by atoms with Crippen LogP contribution in [-0.4, -0.2) is 18.6 Å². The molecule has 1 N–H and O–H groups in total. The quantitative estimate of drug-likeness (QED) is 0.903. The highest BCUT2D eigenvalue weighted by Crippen LogP contribution is 2.23. The maximum atomic E-state index is 13.6. The molecule has 8 heteroatoms. The Morgan fingerprint density at radius 3 is 2.56 bits per heavy atom. The molecular weight excluding hydrogens is 327 g/mol. The number of aromatic amines is 1. The van der Waals surface area contributed by atoms with E-state index in [2.05, 4.69) is 21.0 Å². The Morgan fingerprint density at radius 2 is 1.94 bits per heavy atom. The van der Waals surface area contributed by atoms with Crippen LogP contribution in [0.1, 0.15) is 0 Å². The second-order valence-electron chi connectivity index (χ2n) is 3.33. The highest BCUT2D eigenvalue weighted by molar-refractivity contribution is 9.10. The summed E-state index contributed by atoms with van der Waals surface area (Å²) in [7, 11) is -4.20. The van der Waals surface area contributed by atoms with Crippen molar-refractivity contribution in [2.24, 2.45) is 0 Å². The lowest BCUT2D eigenvalue weighted by atomic mass is 10.3. The number of halogens is 2.